The molecule has 0 fully saturated rings. The third-order valence-corrected chi connectivity index (χ3v) is 5.72. The summed E-state index contributed by atoms with van der Waals surface area (Å²) in [6.45, 7) is 3.91. The van der Waals surface area contributed by atoms with Gasteiger partial charge in [0.25, 0.3) is 0 Å². The Hall–Kier alpha value is -3.52. The number of aromatic amines is 1. The Bertz CT molecular complexity index is 878. The minimum absolute atomic E-state index is 0.120. The lowest BCUT2D eigenvalue weighted by Gasteiger charge is -2.27. The first kappa shape index (κ1) is 30.5. The molecule has 14 nitrogen and oxygen atoms in total. The SMILES string of the molecule is CCC(C)C(NC(=O)C(N)Cc1cnc[nH]1)C(=O)NC(CC(N)=O)C(=O)NC(CCCCN)C(=O)O. The number of amides is 4. The molecule has 0 saturated heterocycles. The number of aromatic nitrogens is 2. The highest BCUT2D eigenvalue weighted by atomic mass is 16.4. The number of imidazole rings is 1. The second-order valence-electron chi connectivity index (χ2n) is 8.67. The predicted octanol–water partition coefficient (Wildman–Crippen LogP) is -2.13. The zero-order valence-corrected chi connectivity index (χ0v) is 20.7. The second-order valence-corrected chi connectivity index (χ2v) is 8.67. The van der Waals surface area contributed by atoms with E-state index in [0.717, 1.165) is 0 Å². The molecule has 0 aromatic carbocycles. The van der Waals surface area contributed by atoms with Gasteiger partial charge in [0.05, 0.1) is 18.8 Å². The molecule has 202 valence electrons. The molecule has 1 aromatic heterocycles. The van der Waals surface area contributed by atoms with Crippen LogP contribution >= 0.6 is 0 Å². The summed E-state index contributed by atoms with van der Waals surface area (Å²) < 4.78 is 0. The average Bonchev–Trinajstić information content (AvgIpc) is 3.33. The number of carbonyl (C=O) groups excluding carboxylic acids is 4. The fraction of sp³-hybridized carbons (Fsp3) is 0.636. The van der Waals surface area contributed by atoms with E-state index in [0.29, 0.717) is 31.5 Å². The lowest BCUT2D eigenvalue weighted by atomic mass is 9.97. The van der Waals surface area contributed by atoms with Crippen molar-refractivity contribution in [3.8, 4) is 0 Å². The van der Waals surface area contributed by atoms with Gasteiger partial charge in [0, 0.05) is 18.3 Å². The summed E-state index contributed by atoms with van der Waals surface area (Å²) in [6, 6.07) is -4.71. The van der Waals surface area contributed by atoms with Crippen molar-refractivity contribution >= 4 is 29.6 Å². The van der Waals surface area contributed by atoms with Crippen LogP contribution in [-0.4, -0.2) is 75.4 Å². The van der Waals surface area contributed by atoms with E-state index in [-0.39, 0.29) is 18.8 Å². The summed E-state index contributed by atoms with van der Waals surface area (Å²) >= 11 is 0. The van der Waals surface area contributed by atoms with Gasteiger partial charge in [0.1, 0.15) is 18.1 Å². The number of hydrogen-bond acceptors (Lipinski definition) is 8. The third-order valence-electron chi connectivity index (χ3n) is 5.72. The number of H-pyrrole nitrogens is 1. The molecule has 11 N–H and O–H groups in total. The van der Waals surface area contributed by atoms with E-state index >= 15 is 0 Å². The van der Waals surface area contributed by atoms with Crippen LogP contribution in [0.3, 0.4) is 0 Å². The van der Waals surface area contributed by atoms with Crippen LogP contribution in [0.25, 0.3) is 0 Å². The van der Waals surface area contributed by atoms with Gasteiger partial charge in [-0.25, -0.2) is 9.78 Å². The first-order valence-corrected chi connectivity index (χ1v) is 11.8. The molecule has 0 aliphatic carbocycles. The minimum Gasteiger partial charge on any atom is -0.480 e. The van der Waals surface area contributed by atoms with Gasteiger partial charge in [0.2, 0.25) is 23.6 Å². The molecule has 0 aliphatic heterocycles. The Balaban J connectivity index is 2.95. The largest absolute Gasteiger partial charge is 0.480 e. The van der Waals surface area contributed by atoms with Gasteiger partial charge in [-0.2, -0.15) is 0 Å². The molecule has 0 saturated carbocycles. The molecular formula is C22H38N8O6. The minimum atomic E-state index is -1.44. The molecule has 5 unspecified atom stereocenters. The quantitative estimate of drug-likeness (QED) is 0.106. The van der Waals surface area contributed by atoms with Crippen LogP contribution in [0.15, 0.2) is 12.5 Å². The maximum absolute atomic E-state index is 13.1. The Labute approximate surface area is 209 Å². The van der Waals surface area contributed by atoms with Crippen molar-refractivity contribution in [2.45, 2.75) is 76.5 Å². The van der Waals surface area contributed by atoms with Crippen molar-refractivity contribution in [1.82, 2.24) is 25.9 Å². The maximum Gasteiger partial charge on any atom is 0.326 e. The maximum atomic E-state index is 13.1. The Morgan fingerprint density at radius 3 is 2.25 bits per heavy atom. The highest BCUT2D eigenvalue weighted by molar-refractivity contribution is 5.96. The van der Waals surface area contributed by atoms with E-state index in [9.17, 15) is 29.1 Å². The fourth-order valence-electron chi connectivity index (χ4n) is 3.38. The molecule has 1 heterocycles. The van der Waals surface area contributed by atoms with E-state index in [1.165, 1.54) is 12.5 Å². The summed E-state index contributed by atoms with van der Waals surface area (Å²) in [6.07, 6.45) is 4.23. The Kier molecular flexibility index (Phi) is 13.1. The van der Waals surface area contributed by atoms with E-state index in [1.807, 2.05) is 6.92 Å². The van der Waals surface area contributed by atoms with Crippen molar-refractivity contribution in [2.24, 2.45) is 23.1 Å². The molecule has 1 rings (SSSR count). The van der Waals surface area contributed by atoms with Crippen molar-refractivity contribution in [3.63, 3.8) is 0 Å². The first-order chi connectivity index (χ1) is 17.0. The molecule has 14 heteroatoms. The number of carbonyl (C=O) groups is 5. The van der Waals surface area contributed by atoms with E-state index in [2.05, 4.69) is 25.9 Å². The topological polar surface area (TPSA) is 248 Å². The van der Waals surface area contributed by atoms with E-state index in [1.54, 1.807) is 6.92 Å². The van der Waals surface area contributed by atoms with Crippen molar-refractivity contribution in [2.75, 3.05) is 6.54 Å². The lowest BCUT2D eigenvalue weighted by Crippen LogP contribution is -2.59. The van der Waals surface area contributed by atoms with Crippen molar-refractivity contribution < 1.29 is 29.1 Å². The number of nitrogens with two attached hydrogens (primary N) is 3. The first-order valence-electron chi connectivity index (χ1n) is 11.8. The number of nitrogens with zero attached hydrogens (tertiary/aromatic N) is 1. The van der Waals surface area contributed by atoms with Crippen LogP contribution in [-0.2, 0) is 30.4 Å². The molecule has 1 aromatic rings. The highest BCUT2D eigenvalue weighted by Crippen LogP contribution is 2.10. The summed E-state index contributed by atoms with van der Waals surface area (Å²) in [5, 5.41) is 16.8. The Morgan fingerprint density at radius 2 is 1.72 bits per heavy atom. The number of nitrogens with one attached hydrogen (secondary N) is 4. The highest BCUT2D eigenvalue weighted by Gasteiger charge is 2.33. The van der Waals surface area contributed by atoms with Crippen LogP contribution in [0, 0.1) is 5.92 Å². The van der Waals surface area contributed by atoms with E-state index in [4.69, 9.17) is 17.2 Å². The van der Waals surface area contributed by atoms with Crippen molar-refractivity contribution in [3.05, 3.63) is 18.2 Å². The van der Waals surface area contributed by atoms with Crippen LogP contribution in [0.2, 0.25) is 0 Å². The zero-order chi connectivity index (χ0) is 27.3. The molecule has 0 spiro atoms. The number of unbranched alkanes of at least 4 members (excludes halogenated alkanes) is 1. The summed E-state index contributed by atoms with van der Waals surface area (Å²) in [5.74, 6) is -4.70. The average molecular weight is 511 g/mol. The standard InChI is InChI=1S/C22H38N8O6/c1-3-12(2)18(30-19(32)14(24)8-13-10-26-11-27-13)21(34)29-16(9-17(25)31)20(33)28-15(22(35)36)6-4-5-7-23/h10-12,14-16,18H,3-9,23-24H2,1-2H3,(H2,25,31)(H,26,27)(H,28,33)(H,29,34)(H,30,32)(H,35,36). The van der Waals surface area contributed by atoms with Gasteiger partial charge in [0.15, 0.2) is 0 Å². The second kappa shape index (κ2) is 15.5. The van der Waals surface area contributed by atoms with E-state index < -0.39 is 60.2 Å². The molecule has 4 amide bonds. The molecule has 36 heavy (non-hydrogen) atoms. The van der Waals surface area contributed by atoms with Crippen LogP contribution in [0.5, 0.6) is 0 Å². The van der Waals surface area contributed by atoms with Crippen LogP contribution < -0.4 is 33.2 Å². The van der Waals surface area contributed by atoms with Gasteiger partial charge in [-0.15, -0.1) is 0 Å². The predicted molar refractivity (Wildman–Crippen MR) is 130 cm³/mol. The third kappa shape index (κ3) is 10.4. The number of hydrogen-bond donors (Lipinski definition) is 8. The van der Waals surface area contributed by atoms with Crippen LogP contribution in [0.4, 0.5) is 0 Å². The summed E-state index contributed by atoms with van der Waals surface area (Å²) in [7, 11) is 0. The molecule has 0 aliphatic rings. The molecular weight excluding hydrogens is 472 g/mol. The number of aliphatic carboxylic acids is 1. The molecule has 5 atom stereocenters. The van der Waals surface area contributed by atoms with Crippen molar-refractivity contribution in [1.29, 1.82) is 0 Å². The molecule has 0 bridgehead atoms. The number of primary amides is 1. The van der Waals surface area contributed by atoms with Gasteiger partial charge in [-0.05, 0) is 31.7 Å². The fourth-order valence-corrected chi connectivity index (χ4v) is 3.38. The Morgan fingerprint density at radius 1 is 1.06 bits per heavy atom. The number of rotatable bonds is 17. The van der Waals surface area contributed by atoms with Gasteiger partial charge in [-0.3, -0.25) is 19.2 Å². The number of carboxylic acid groups (broad SMARTS) is 1. The van der Waals surface area contributed by atoms with Crippen LogP contribution in [0.1, 0.15) is 51.6 Å². The summed E-state index contributed by atoms with van der Waals surface area (Å²) in [4.78, 5) is 68.4. The smallest absolute Gasteiger partial charge is 0.326 e. The molecule has 0 radical (unpaired) electrons. The lowest BCUT2D eigenvalue weighted by molar-refractivity contribution is -0.142. The normalized spacial score (nSPS) is 15.1. The van der Waals surface area contributed by atoms with Gasteiger partial charge < -0.3 is 43.2 Å². The monoisotopic (exact) mass is 510 g/mol. The number of carboxylic acids is 1. The zero-order valence-electron chi connectivity index (χ0n) is 20.7. The van der Waals surface area contributed by atoms with Gasteiger partial charge >= 0.3 is 5.97 Å². The van der Waals surface area contributed by atoms with Gasteiger partial charge in [-0.1, -0.05) is 20.3 Å². The summed E-state index contributed by atoms with van der Waals surface area (Å²) in [5.41, 5.74) is 17.3.